The number of aromatic nitrogens is 3. The van der Waals surface area contributed by atoms with E-state index in [-0.39, 0.29) is 5.82 Å². The largest absolute Gasteiger partial charge is 0.382 e. The number of nitrogens with zero attached hydrogens (tertiary/aromatic N) is 4. The van der Waals surface area contributed by atoms with Gasteiger partial charge in [0.2, 0.25) is 0 Å². The van der Waals surface area contributed by atoms with E-state index in [0.29, 0.717) is 22.8 Å². The molecule has 0 radical (unpaired) electrons. The van der Waals surface area contributed by atoms with E-state index >= 15 is 0 Å². The molecule has 0 saturated heterocycles. The molecule has 5 nitrogen and oxygen atoms in total. The van der Waals surface area contributed by atoms with Crippen LogP contribution in [0.15, 0.2) is 18.3 Å². The average molecular weight is 225 g/mol. The molecule has 0 fully saturated rings. The van der Waals surface area contributed by atoms with Crippen LogP contribution in [0.1, 0.15) is 16.8 Å². The van der Waals surface area contributed by atoms with Gasteiger partial charge >= 0.3 is 0 Å². The molecule has 0 aliphatic heterocycles. The van der Waals surface area contributed by atoms with Crippen molar-refractivity contribution in [1.29, 1.82) is 5.26 Å². The SMILES string of the molecule is Cc1ccnc(-c2nc(C)c(C#N)c(N)n2)c1. The van der Waals surface area contributed by atoms with Gasteiger partial charge in [-0.15, -0.1) is 0 Å². The molecule has 2 aromatic heterocycles. The van der Waals surface area contributed by atoms with Crippen molar-refractivity contribution in [2.24, 2.45) is 0 Å². The minimum absolute atomic E-state index is 0.193. The lowest BCUT2D eigenvalue weighted by atomic mass is 10.2. The van der Waals surface area contributed by atoms with Gasteiger partial charge < -0.3 is 5.73 Å². The summed E-state index contributed by atoms with van der Waals surface area (Å²) in [5.74, 6) is 0.640. The highest BCUT2D eigenvalue weighted by Crippen LogP contribution is 2.18. The summed E-state index contributed by atoms with van der Waals surface area (Å²) in [5.41, 5.74) is 8.32. The molecular formula is C12H11N5. The zero-order valence-electron chi connectivity index (χ0n) is 9.60. The van der Waals surface area contributed by atoms with Gasteiger partial charge in [0.1, 0.15) is 23.1 Å². The van der Waals surface area contributed by atoms with E-state index in [1.807, 2.05) is 25.1 Å². The van der Waals surface area contributed by atoms with Crippen LogP contribution in [-0.4, -0.2) is 15.0 Å². The van der Waals surface area contributed by atoms with E-state index in [0.717, 1.165) is 5.56 Å². The minimum Gasteiger partial charge on any atom is -0.382 e. The maximum Gasteiger partial charge on any atom is 0.180 e. The maximum atomic E-state index is 8.88. The molecule has 0 saturated carbocycles. The molecular weight excluding hydrogens is 214 g/mol. The highest BCUT2D eigenvalue weighted by atomic mass is 15.0. The van der Waals surface area contributed by atoms with Gasteiger partial charge in [0.15, 0.2) is 5.82 Å². The summed E-state index contributed by atoms with van der Waals surface area (Å²) in [6, 6.07) is 5.75. The second kappa shape index (κ2) is 4.18. The summed E-state index contributed by atoms with van der Waals surface area (Å²) in [4.78, 5) is 12.5. The molecule has 0 aliphatic rings. The highest BCUT2D eigenvalue weighted by Gasteiger charge is 2.10. The molecule has 0 amide bonds. The first kappa shape index (κ1) is 11.0. The van der Waals surface area contributed by atoms with Crippen molar-refractivity contribution in [3.8, 4) is 17.6 Å². The Kier molecular flexibility index (Phi) is 2.71. The number of nitrogen functional groups attached to an aromatic ring is 1. The van der Waals surface area contributed by atoms with Gasteiger partial charge in [-0.1, -0.05) is 0 Å². The third kappa shape index (κ3) is 2.06. The Morgan fingerprint density at radius 2 is 2.06 bits per heavy atom. The van der Waals surface area contributed by atoms with E-state index in [1.165, 1.54) is 0 Å². The van der Waals surface area contributed by atoms with Crippen LogP contribution in [0.2, 0.25) is 0 Å². The molecule has 2 heterocycles. The van der Waals surface area contributed by atoms with Crippen LogP contribution >= 0.6 is 0 Å². The van der Waals surface area contributed by atoms with Crippen LogP contribution in [0.3, 0.4) is 0 Å². The predicted octanol–water partition coefficient (Wildman–Crippen LogP) is 1.61. The number of hydrogen-bond donors (Lipinski definition) is 1. The number of hydrogen-bond acceptors (Lipinski definition) is 5. The third-order valence-corrected chi connectivity index (χ3v) is 2.37. The average Bonchev–Trinajstić information content (AvgIpc) is 2.28. The fourth-order valence-corrected chi connectivity index (χ4v) is 1.51. The normalized spacial score (nSPS) is 9.94. The molecule has 0 unspecified atom stereocenters. The van der Waals surface area contributed by atoms with Crippen LogP contribution in [0.4, 0.5) is 5.82 Å². The number of rotatable bonds is 1. The van der Waals surface area contributed by atoms with Crippen molar-refractivity contribution in [1.82, 2.24) is 15.0 Å². The first-order valence-electron chi connectivity index (χ1n) is 5.09. The van der Waals surface area contributed by atoms with Crippen molar-refractivity contribution in [2.45, 2.75) is 13.8 Å². The quantitative estimate of drug-likeness (QED) is 0.796. The molecule has 0 atom stereocenters. The summed E-state index contributed by atoms with van der Waals surface area (Å²) in [6.07, 6.45) is 1.69. The lowest BCUT2D eigenvalue weighted by Crippen LogP contribution is -2.03. The number of pyridine rings is 1. The monoisotopic (exact) mass is 225 g/mol. The van der Waals surface area contributed by atoms with E-state index in [4.69, 9.17) is 11.0 Å². The standard InChI is InChI=1S/C12H11N5/c1-7-3-4-15-10(5-7)12-16-8(2)9(6-13)11(14)17-12/h3-5H,1-2H3,(H2,14,16,17). The van der Waals surface area contributed by atoms with Gasteiger partial charge in [0.25, 0.3) is 0 Å². The molecule has 2 N–H and O–H groups in total. The number of nitriles is 1. The Morgan fingerprint density at radius 3 is 2.65 bits per heavy atom. The smallest absolute Gasteiger partial charge is 0.180 e. The van der Waals surface area contributed by atoms with Gasteiger partial charge in [0.05, 0.1) is 5.69 Å². The Balaban J connectivity index is 2.59. The van der Waals surface area contributed by atoms with Crippen LogP contribution in [0.25, 0.3) is 11.5 Å². The lowest BCUT2D eigenvalue weighted by molar-refractivity contribution is 1.08. The summed E-state index contributed by atoms with van der Waals surface area (Å²) in [7, 11) is 0. The second-order valence-corrected chi connectivity index (χ2v) is 3.72. The van der Waals surface area contributed by atoms with Crippen LogP contribution in [0, 0.1) is 25.2 Å². The van der Waals surface area contributed by atoms with Crippen molar-refractivity contribution in [3.05, 3.63) is 35.2 Å². The summed E-state index contributed by atoms with van der Waals surface area (Å²) in [6.45, 7) is 3.70. The maximum absolute atomic E-state index is 8.88. The topological polar surface area (TPSA) is 88.5 Å². The number of aryl methyl sites for hydroxylation is 2. The third-order valence-electron chi connectivity index (χ3n) is 2.37. The van der Waals surface area contributed by atoms with Crippen LogP contribution in [0.5, 0.6) is 0 Å². The Morgan fingerprint density at radius 1 is 1.29 bits per heavy atom. The highest BCUT2D eigenvalue weighted by molar-refractivity contribution is 5.58. The Bertz CT molecular complexity index is 590. The van der Waals surface area contributed by atoms with Crippen molar-refractivity contribution in [2.75, 3.05) is 5.73 Å². The van der Waals surface area contributed by atoms with Crippen LogP contribution in [-0.2, 0) is 0 Å². The number of anilines is 1. The molecule has 0 spiro atoms. The van der Waals surface area contributed by atoms with E-state index in [1.54, 1.807) is 13.1 Å². The summed E-state index contributed by atoms with van der Waals surface area (Å²) in [5, 5.41) is 8.88. The molecule has 0 bridgehead atoms. The van der Waals surface area contributed by atoms with Gasteiger partial charge in [-0.25, -0.2) is 9.97 Å². The Hall–Kier alpha value is -2.48. The minimum atomic E-state index is 0.193. The molecule has 2 aromatic rings. The summed E-state index contributed by atoms with van der Waals surface area (Å²) < 4.78 is 0. The number of nitrogens with two attached hydrogens (primary N) is 1. The van der Waals surface area contributed by atoms with Crippen molar-refractivity contribution in [3.63, 3.8) is 0 Å². The van der Waals surface area contributed by atoms with Gasteiger partial charge in [-0.05, 0) is 31.5 Å². The van der Waals surface area contributed by atoms with Gasteiger partial charge in [-0.3, -0.25) is 4.98 Å². The zero-order valence-corrected chi connectivity index (χ0v) is 9.60. The second-order valence-electron chi connectivity index (χ2n) is 3.72. The molecule has 5 heteroatoms. The fraction of sp³-hybridized carbons (Fsp3) is 0.167. The van der Waals surface area contributed by atoms with Gasteiger partial charge in [0, 0.05) is 6.20 Å². The molecule has 0 aliphatic carbocycles. The van der Waals surface area contributed by atoms with Crippen molar-refractivity contribution >= 4 is 5.82 Å². The first-order chi connectivity index (χ1) is 8.11. The van der Waals surface area contributed by atoms with Gasteiger partial charge in [-0.2, -0.15) is 5.26 Å². The van der Waals surface area contributed by atoms with Crippen molar-refractivity contribution < 1.29 is 0 Å². The predicted molar refractivity (Wildman–Crippen MR) is 63.9 cm³/mol. The zero-order chi connectivity index (χ0) is 12.4. The summed E-state index contributed by atoms with van der Waals surface area (Å²) >= 11 is 0. The first-order valence-corrected chi connectivity index (χ1v) is 5.09. The van der Waals surface area contributed by atoms with E-state index in [9.17, 15) is 0 Å². The molecule has 17 heavy (non-hydrogen) atoms. The Labute approximate surface area is 99.0 Å². The molecule has 2 rings (SSSR count). The van der Waals surface area contributed by atoms with E-state index in [2.05, 4.69) is 15.0 Å². The van der Waals surface area contributed by atoms with Crippen LogP contribution < -0.4 is 5.73 Å². The lowest BCUT2D eigenvalue weighted by Gasteiger charge is -2.05. The van der Waals surface area contributed by atoms with E-state index < -0.39 is 0 Å². The molecule has 84 valence electrons. The molecule has 0 aromatic carbocycles. The fourth-order valence-electron chi connectivity index (χ4n) is 1.51.